The first-order chi connectivity index (χ1) is 8.19. The minimum absolute atomic E-state index is 0.240. The highest BCUT2D eigenvalue weighted by Gasteiger charge is 2.02. The molecular weight excluding hydrogens is 235 g/mol. The summed E-state index contributed by atoms with van der Waals surface area (Å²) in [4.78, 5) is 12.5. The maximum absolute atomic E-state index is 13.0. The molecule has 2 aromatic carbocycles. The Balaban J connectivity index is 2.24. The summed E-state index contributed by atoms with van der Waals surface area (Å²) in [6.45, 7) is 1.89. The summed E-state index contributed by atoms with van der Waals surface area (Å²) in [5.41, 5.74) is 1.62. The molecule has 86 valence electrons. The molecule has 0 aliphatic carbocycles. The van der Waals surface area contributed by atoms with Gasteiger partial charge < -0.3 is 0 Å². The molecule has 17 heavy (non-hydrogen) atoms. The molecule has 0 saturated carbocycles. The topological polar surface area (TPSA) is 17.1 Å². The summed E-state index contributed by atoms with van der Waals surface area (Å²) < 4.78 is 13.0. The van der Waals surface area contributed by atoms with E-state index in [9.17, 15) is 9.18 Å². The van der Waals surface area contributed by atoms with Gasteiger partial charge in [0, 0.05) is 15.4 Å². The first-order valence-electron chi connectivity index (χ1n) is 5.18. The normalized spacial score (nSPS) is 10.2. The smallest absolute Gasteiger partial charge is 0.150 e. The fraction of sp³-hybridized carbons (Fsp3) is 0.0714. The number of hydrogen-bond acceptors (Lipinski definition) is 2. The van der Waals surface area contributed by atoms with Crippen molar-refractivity contribution in [3.63, 3.8) is 0 Å². The molecule has 2 aromatic rings. The molecule has 0 atom stereocenters. The van der Waals surface area contributed by atoms with Crippen LogP contribution in [0.25, 0.3) is 0 Å². The first-order valence-corrected chi connectivity index (χ1v) is 6.00. The van der Waals surface area contributed by atoms with E-state index in [2.05, 4.69) is 0 Å². The quantitative estimate of drug-likeness (QED) is 0.758. The lowest BCUT2D eigenvalue weighted by Crippen LogP contribution is -1.86. The fourth-order valence-electron chi connectivity index (χ4n) is 1.51. The van der Waals surface area contributed by atoms with Crippen molar-refractivity contribution in [2.24, 2.45) is 0 Å². The van der Waals surface area contributed by atoms with Crippen LogP contribution in [-0.4, -0.2) is 6.29 Å². The SMILES string of the molecule is Cc1cc(Sc2cccc(F)c2)ccc1C=O. The molecule has 0 heterocycles. The van der Waals surface area contributed by atoms with Crippen molar-refractivity contribution >= 4 is 18.0 Å². The van der Waals surface area contributed by atoms with Gasteiger partial charge in [0.05, 0.1) is 0 Å². The largest absolute Gasteiger partial charge is 0.298 e. The Hall–Kier alpha value is -1.61. The predicted molar refractivity (Wildman–Crippen MR) is 67.1 cm³/mol. The number of halogens is 1. The van der Waals surface area contributed by atoms with E-state index in [1.807, 2.05) is 25.1 Å². The summed E-state index contributed by atoms with van der Waals surface area (Å²) in [6.07, 6.45) is 0.839. The molecule has 0 bridgehead atoms. The van der Waals surface area contributed by atoms with Crippen LogP contribution in [0.5, 0.6) is 0 Å². The summed E-state index contributed by atoms with van der Waals surface area (Å²) in [5, 5.41) is 0. The molecule has 3 heteroatoms. The van der Waals surface area contributed by atoms with E-state index in [4.69, 9.17) is 0 Å². The van der Waals surface area contributed by atoms with Crippen molar-refractivity contribution in [2.75, 3.05) is 0 Å². The van der Waals surface area contributed by atoms with Gasteiger partial charge in [0.2, 0.25) is 0 Å². The van der Waals surface area contributed by atoms with E-state index >= 15 is 0 Å². The monoisotopic (exact) mass is 246 g/mol. The molecule has 1 nitrogen and oxygen atoms in total. The summed E-state index contributed by atoms with van der Waals surface area (Å²) in [6, 6.07) is 12.0. The molecule has 0 radical (unpaired) electrons. The molecule has 0 fully saturated rings. The lowest BCUT2D eigenvalue weighted by molar-refractivity contribution is 0.112. The van der Waals surface area contributed by atoms with Crippen LogP contribution in [0, 0.1) is 12.7 Å². The van der Waals surface area contributed by atoms with Gasteiger partial charge in [0.1, 0.15) is 12.1 Å². The Morgan fingerprint density at radius 2 is 1.88 bits per heavy atom. The van der Waals surface area contributed by atoms with Crippen molar-refractivity contribution in [3.8, 4) is 0 Å². The lowest BCUT2D eigenvalue weighted by Gasteiger charge is -2.04. The molecule has 0 N–H and O–H groups in total. The Morgan fingerprint density at radius 3 is 2.53 bits per heavy atom. The van der Waals surface area contributed by atoms with Crippen LogP contribution >= 0.6 is 11.8 Å². The van der Waals surface area contributed by atoms with Crippen LogP contribution in [-0.2, 0) is 0 Å². The zero-order valence-electron chi connectivity index (χ0n) is 9.31. The van der Waals surface area contributed by atoms with Crippen molar-refractivity contribution in [1.29, 1.82) is 0 Å². The van der Waals surface area contributed by atoms with Gasteiger partial charge in [-0.05, 0) is 42.8 Å². The van der Waals surface area contributed by atoms with Gasteiger partial charge in [0.15, 0.2) is 0 Å². The molecule has 0 aliphatic rings. The van der Waals surface area contributed by atoms with Crippen LogP contribution < -0.4 is 0 Å². The van der Waals surface area contributed by atoms with Crippen LogP contribution in [0.15, 0.2) is 52.3 Å². The van der Waals surface area contributed by atoms with E-state index < -0.39 is 0 Å². The van der Waals surface area contributed by atoms with Crippen LogP contribution in [0.2, 0.25) is 0 Å². The van der Waals surface area contributed by atoms with Gasteiger partial charge in [-0.3, -0.25) is 4.79 Å². The second-order valence-corrected chi connectivity index (χ2v) is 4.84. The predicted octanol–water partition coefficient (Wildman–Crippen LogP) is 4.10. The third-order valence-electron chi connectivity index (χ3n) is 2.40. The third kappa shape index (κ3) is 2.94. The number of carbonyl (C=O) groups excluding carboxylic acids is 1. The van der Waals surface area contributed by atoms with E-state index in [1.54, 1.807) is 12.1 Å². The molecular formula is C14H11FOS. The van der Waals surface area contributed by atoms with Crippen LogP contribution in [0.3, 0.4) is 0 Å². The molecule has 2 rings (SSSR count). The van der Waals surface area contributed by atoms with Crippen LogP contribution in [0.4, 0.5) is 4.39 Å². The van der Waals surface area contributed by atoms with E-state index in [0.717, 1.165) is 21.6 Å². The van der Waals surface area contributed by atoms with Crippen molar-refractivity contribution in [2.45, 2.75) is 16.7 Å². The maximum Gasteiger partial charge on any atom is 0.150 e. The van der Waals surface area contributed by atoms with Gasteiger partial charge in [-0.15, -0.1) is 0 Å². The fourth-order valence-corrected chi connectivity index (χ4v) is 2.47. The van der Waals surface area contributed by atoms with E-state index in [1.165, 1.54) is 23.9 Å². The van der Waals surface area contributed by atoms with Crippen LogP contribution in [0.1, 0.15) is 15.9 Å². The highest BCUT2D eigenvalue weighted by atomic mass is 32.2. The Labute approximate surface area is 104 Å². The summed E-state index contributed by atoms with van der Waals surface area (Å²) >= 11 is 1.48. The summed E-state index contributed by atoms with van der Waals surface area (Å²) in [5.74, 6) is -0.240. The second-order valence-electron chi connectivity index (χ2n) is 3.70. The Bertz CT molecular complexity index is 552. The number of aldehydes is 1. The molecule has 0 spiro atoms. The van der Waals surface area contributed by atoms with Crippen molar-refractivity contribution in [1.82, 2.24) is 0 Å². The standard InChI is InChI=1S/C14H11FOS/c1-10-7-14(6-5-11(10)9-16)17-13-4-2-3-12(15)8-13/h2-9H,1H3. The van der Waals surface area contributed by atoms with Gasteiger partial charge in [-0.2, -0.15) is 0 Å². The van der Waals surface area contributed by atoms with Gasteiger partial charge >= 0.3 is 0 Å². The number of aryl methyl sites for hydroxylation is 1. The molecule has 0 saturated heterocycles. The Morgan fingerprint density at radius 1 is 1.12 bits per heavy atom. The van der Waals surface area contributed by atoms with Gasteiger partial charge in [0.25, 0.3) is 0 Å². The molecule has 0 unspecified atom stereocenters. The highest BCUT2D eigenvalue weighted by molar-refractivity contribution is 7.99. The third-order valence-corrected chi connectivity index (χ3v) is 3.38. The average molecular weight is 246 g/mol. The minimum atomic E-state index is -0.240. The molecule has 0 amide bonds. The minimum Gasteiger partial charge on any atom is -0.298 e. The van der Waals surface area contributed by atoms with Gasteiger partial charge in [-0.1, -0.05) is 23.9 Å². The van der Waals surface area contributed by atoms with E-state index in [-0.39, 0.29) is 5.82 Å². The number of hydrogen-bond donors (Lipinski definition) is 0. The number of rotatable bonds is 3. The number of carbonyl (C=O) groups is 1. The number of benzene rings is 2. The second kappa shape index (κ2) is 5.15. The highest BCUT2D eigenvalue weighted by Crippen LogP contribution is 2.29. The van der Waals surface area contributed by atoms with E-state index in [0.29, 0.717) is 5.56 Å². The average Bonchev–Trinajstić information content (AvgIpc) is 2.29. The first kappa shape index (κ1) is 11.9. The zero-order chi connectivity index (χ0) is 12.3. The molecule has 0 aromatic heterocycles. The zero-order valence-corrected chi connectivity index (χ0v) is 10.1. The molecule has 0 aliphatic heterocycles. The Kier molecular flexibility index (Phi) is 3.59. The lowest BCUT2D eigenvalue weighted by atomic mass is 10.1. The van der Waals surface area contributed by atoms with Crippen molar-refractivity contribution in [3.05, 3.63) is 59.4 Å². The van der Waals surface area contributed by atoms with Gasteiger partial charge in [-0.25, -0.2) is 4.39 Å². The maximum atomic E-state index is 13.0. The van der Waals surface area contributed by atoms with Crippen molar-refractivity contribution < 1.29 is 9.18 Å². The summed E-state index contributed by atoms with van der Waals surface area (Å²) in [7, 11) is 0.